The van der Waals surface area contributed by atoms with E-state index in [-0.39, 0.29) is 6.61 Å². The number of amides is 1. The van der Waals surface area contributed by atoms with Gasteiger partial charge in [0.1, 0.15) is 6.10 Å². The van der Waals surface area contributed by atoms with Gasteiger partial charge in [0.05, 0.1) is 18.8 Å². The quantitative estimate of drug-likeness (QED) is 0.0373. The topological polar surface area (TPSA) is 89.8 Å². The van der Waals surface area contributed by atoms with Crippen LogP contribution < -0.4 is 5.32 Å². The summed E-state index contributed by atoms with van der Waals surface area (Å²) in [6, 6.07) is -0.792. The maximum Gasteiger partial charge on any atom is 0.249 e. The Hall–Kier alpha value is -0.910. The molecule has 0 heterocycles. The Balaban J connectivity index is 3.62. The molecule has 0 aliphatic carbocycles. The first-order valence-corrected chi connectivity index (χ1v) is 23.0. The lowest BCUT2D eigenvalue weighted by molar-refractivity contribution is -0.131. The van der Waals surface area contributed by atoms with E-state index in [0.717, 1.165) is 32.1 Å². The Morgan fingerprint density at radius 1 is 0.471 bits per heavy atom. The van der Waals surface area contributed by atoms with Crippen LogP contribution in [0.4, 0.5) is 0 Å². The molecule has 0 unspecified atom stereocenters. The lowest BCUT2D eigenvalue weighted by atomic mass is 10.0. The zero-order valence-corrected chi connectivity index (χ0v) is 34.5. The highest BCUT2D eigenvalue weighted by Crippen LogP contribution is 2.17. The number of unbranched alkanes of at least 4 members (excludes halogenated alkanes) is 34. The second kappa shape index (κ2) is 41.8. The van der Waals surface area contributed by atoms with E-state index in [1.54, 1.807) is 6.08 Å². The highest BCUT2D eigenvalue weighted by molar-refractivity contribution is 5.80. The van der Waals surface area contributed by atoms with Crippen LogP contribution >= 0.6 is 0 Å². The van der Waals surface area contributed by atoms with Crippen molar-refractivity contribution in [2.24, 2.45) is 0 Å². The van der Waals surface area contributed by atoms with Gasteiger partial charge in [-0.3, -0.25) is 4.79 Å². The van der Waals surface area contributed by atoms with E-state index in [4.69, 9.17) is 0 Å². The standard InChI is InChI=1S/C46H91NO4/c1-3-5-7-9-11-13-15-17-19-21-22-23-25-27-29-31-33-35-37-39-41-45(50)46(51)47-43(42-48)44(49)40-38-36-34-32-30-28-26-24-20-18-16-14-12-10-8-6-4-2/h38,40,43-45,48-50H,3-37,39,41-42H2,1-2H3,(H,47,51)/b40-38+/t43-,44+,45-/m0/s1. The van der Waals surface area contributed by atoms with Crippen molar-refractivity contribution in [1.29, 1.82) is 0 Å². The number of hydrogen-bond donors (Lipinski definition) is 4. The van der Waals surface area contributed by atoms with Crippen LogP contribution in [0.15, 0.2) is 12.2 Å². The van der Waals surface area contributed by atoms with Crippen molar-refractivity contribution >= 4 is 5.91 Å². The molecule has 5 heteroatoms. The molecule has 0 saturated carbocycles. The highest BCUT2D eigenvalue weighted by atomic mass is 16.3. The van der Waals surface area contributed by atoms with Crippen molar-refractivity contribution < 1.29 is 20.1 Å². The molecule has 0 aliphatic heterocycles. The molecule has 0 aromatic carbocycles. The first kappa shape index (κ1) is 50.1. The number of rotatable bonds is 42. The van der Waals surface area contributed by atoms with Gasteiger partial charge in [-0.2, -0.15) is 0 Å². The molecule has 0 saturated heterocycles. The third-order valence-corrected chi connectivity index (χ3v) is 10.9. The number of allylic oxidation sites excluding steroid dienone is 1. The third-order valence-electron chi connectivity index (χ3n) is 10.9. The average molecular weight is 722 g/mol. The Kier molecular flexibility index (Phi) is 41.1. The largest absolute Gasteiger partial charge is 0.394 e. The van der Waals surface area contributed by atoms with Gasteiger partial charge in [0.25, 0.3) is 0 Å². The fourth-order valence-corrected chi connectivity index (χ4v) is 7.25. The molecule has 0 aromatic heterocycles. The molecule has 0 rings (SSSR count). The van der Waals surface area contributed by atoms with Crippen LogP contribution in [0.2, 0.25) is 0 Å². The number of aliphatic hydroxyl groups excluding tert-OH is 3. The molecule has 0 bridgehead atoms. The number of carbonyl (C=O) groups is 1. The molecule has 3 atom stereocenters. The first-order valence-electron chi connectivity index (χ1n) is 23.0. The number of nitrogens with one attached hydrogen (secondary N) is 1. The summed E-state index contributed by atoms with van der Waals surface area (Å²) < 4.78 is 0. The van der Waals surface area contributed by atoms with Gasteiger partial charge in [-0.1, -0.05) is 244 Å². The van der Waals surface area contributed by atoms with Crippen LogP contribution in [-0.2, 0) is 4.79 Å². The minimum atomic E-state index is -1.09. The fourth-order valence-electron chi connectivity index (χ4n) is 7.25. The van der Waals surface area contributed by atoms with E-state index < -0.39 is 24.2 Å². The zero-order valence-electron chi connectivity index (χ0n) is 34.5. The van der Waals surface area contributed by atoms with Crippen molar-refractivity contribution in [1.82, 2.24) is 5.32 Å². The molecule has 0 radical (unpaired) electrons. The maximum absolute atomic E-state index is 12.5. The van der Waals surface area contributed by atoms with Gasteiger partial charge < -0.3 is 20.6 Å². The van der Waals surface area contributed by atoms with Crippen LogP contribution in [0.5, 0.6) is 0 Å². The normalized spacial score (nSPS) is 13.6. The predicted molar refractivity (Wildman–Crippen MR) is 222 cm³/mol. The molecule has 0 spiro atoms. The van der Waals surface area contributed by atoms with Crippen molar-refractivity contribution in [3.8, 4) is 0 Å². The van der Waals surface area contributed by atoms with Gasteiger partial charge in [-0.15, -0.1) is 0 Å². The van der Waals surface area contributed by atoms with Gasteiger partial charge in [0, 0.05) is 0 Å². The van der Waals surface area contributed by atoms with E-state index in [0.29, 0.717) is 6.42 Å². The van der Waals surface area contributed by atoms with E-state index in [9.17, 15) is 20.1 Å². The molecule has 0 aromatic rings. The number of aliphatic hydroxyl groups is 3. The Morgan fingerprint density at radius 2 is 0.765 bits per heavy atom. The average Bonchev–Trinajstić information content (AvgIpc) is 3.13. The van der Waals surface area contributed by atoms with E-state index >= 15 is 0 Å². The minimum Gasteiger partial charge on any atom is -0.394 e. The van der Waals surface area contributed by atoms with Crippen LogP contribution in [0, 0.1) is 0 Å². The first-order chi connectivity index (χ1) is 25.1. The summed E-state index contributed by atoms with van der Waals surface area (Å²) in [5.74, 6) is -0.498. The molecule has 304 valence electrons. The molecular weight excluding hydrogens is 631 g/mol. The van der Waals surface area contributed by atoms with Gasteiger partial charge in [0.2, 0.25) is 5.91 Å². The Morgan fingerprint density at radius 3 is 1.08 bits per heavy atom. The molecule has 4 N–H and O–H groups in total. The SMILES string of the molecule is CCCCCCCCCCCCCCCCC/C=C/[C@@H](O)[C@H](CO)NC(=O)[C@@H](O)CCCCCCCCCCCCCCCCCCCCCC. The summed E-state index contributed by atoms with van der Waals surface area (Å²) in [4.78, 5) is 12.5. The Labute approximate surface area is 319 Å². The minimum absolute atomic E-state index is 0.359. The van der Waals surface area contributed by atoms with Gasteiger partial charge in [0.15, 0.2) is 0 Å². The van der Waals surface area contributed by atoms with Crippen LogP contribution in [0.1, 0.15) is 251 Å². The van der Waals surface area contributed by atoms with Crippen LogP contribution in [0.3, 0.4) is 0 Å². The van der Waals surface area contributed by atoms with Crippen molar-refractivity contribution in [2.75, 3.05) is 6.61 Å². The molecule has 0 aliphatic rings. The summed E-state index contributed by atoms with van der Waals surface area (Å²) in [5, 5.41) is 33.2. The number of hydrogen-bond acceptors (Lipinski definition) is 4. The fraction of sp³-hybridized carbons (Fsp3) is 0.935. The highest BCUT2D eigenvalue weighted by Gasteiger charge is 2.22. The lowest BCUT2D eigenvalue weighted by Gasteiger charge is -2.21. The third kappa shape index (κ3) is 37.2. The van der Waals surface area contributed by atoms with Crippen LogP contribution in [0.25, 0.3) is 0 Å². The van der Waals surface area contributed by atoms with E-state index in [2.05, 4.69) is 19.2 Å². The van der Waals surface area contributed by atoms with Crippen molar-refractivity contribution in [3.05, 3.63) is 12.2 Å². The van der Waals surface area contributed by atoms with E-state index in [1.165, 1.54) is 199 Å². The number of carbonyl (C=O) groups excluding carboxylic acids is 1. The smallest absolute Gasteiger partial charge is 0.249 e. The lowest BCUT2D eigenvalue weighted by Crippen LogP contribution is -2.48. The molecule has 51 heavy (non-hydrogen) atoms. The van der Waals surface area contributed by atoms with Gasteiger partial charge >= 0.3 is 0 Å². The summed E-state index contributed by atoms with van der Waals surface area (Å²) >= 11 is 0. The van der Waals surface area contributed by atoms with Crippen LogP contribution in [-0.4, -0.2) is 46.1 Å². The maximum atomic E-state index is 12.5. The summed E-state index contributed by atoms with van der Waals surface area (Å²) in [7, 11) is 0. The van der Waals surface area contributed by atoms with Crippen molar-refractivity contribution in [3.63, 3.8) is 0 Å². The monoisotopic (exact) mass is 722 g/mol. The van der Waals surface area contributed by atoms with E-state index in [1.807, 2.05) is 6.08 Å². The van der Waals surface area contributed by atoms with Crippen molar-refractivity contribution in [2.45, 2.75) is 270 Å². The molecule has 1 amide bonds. The summed E-state index contributed by atoms with van der Waals surface area (Å²) in [6.07, 6.45) is 49.6. The van der Waals surface area contributed by atoms with Gasteiger partial charge in [-0.25, -0.2) is 0 Å². The summed E-state index contributed by atoms with van der Waals surface area (Å²) in [6.45, 7) is 4.20. The molecular formula is C46H91NO4. The second-order valence-electron chi connectivity index (χ2n) is 16.0. The van der Waals surface area contributed by atoms with Gasteiger partial charge in [-0.05, 0) is 19.3 Å². The zero-order chi connectivity index (χ0) is 37.3. The molecule has 5 nitrogen and oxygen atoms in total. The Bertz CT molecular complexity index is 713. The molecule has 0 fully saturated rings. The summed E-state index contributed by atoms with van der Waals surface area (Å²) in [5.41, 5.74) is 0. The second-order valence-corrected chi connectivity index (χ2v) is 16.0. The predicted octanol–water partition coefficient (Wildman–Crippen LogP) is 13.2.